The van der Waals surface area contributed by atoms with Gasteiger partial charge in [-0.1, -0.05) is 41.9 Å². The van der Waals surface area contributed by atoms with Crippen LogP contribution in [0.15, 0.2) is 72.4 Å². The van der Waals surface area contributed by atoms with Crippen molar-refractivity contribution in [2.75, 3.05) is 11.9 Å². The molecular weight excluding hydrogens is 480 g/mol. The summed E-state index contributed by atoms with van der Waals surface area (Å²) >= 11 is 6.24. The number of hydrogen-bond acceptors (Lipinski definition) is 4. The summed E-state index contributed by atoms with van der Waals surface area (Å²) in [6.07, 6.45) is 1.45. The molecule has 0 radical (unpaired) electrons. The SMILES string of the molecule is O=C(COc1ccc(/C=C2\NC(=O)N(Cc3ccc(F)cc3)C2=O)cc1Cl)Nc1ccccc1F. The van der Waals surface area contributed by atoms with Gasteiger partial charge in [-0.25, -0.2) is 13.6 Å². The van der Waals surface area contributed by atoms with Crippen LogP contribution in [0.25, 0.3) is 6.08 Å². The van der Waals surface area contributed by atoms with Gasteiger partial charge in [-0.15, -0.1) is 0 Å². The van der Waals surface area contributed by atoms with Crippen LogP contribution in [-0.2, 0) is 16.1 Å². The maximum atomic E-state index is 13.6. The van der Waals surface area contributed by atoms with Crippen molar-refractivity contribution in [3.8, 4) is 5.75 Å². The van der Waals surface area contributed by atoms with Gasteiger partial charge in [0.25, 0.3) is 11.8 Å². The molecule has 4 amide bonds. The second-order valence-corrected chi connectivity index (χ2v) is 7.92. The summed E-state index contributed by atoms with van der Waals surface area (Å²) in [5.74, 6) is -1.89. The number of ether oxygens (including phenoxy) is 1. The Bertz CT molecular complexity index is 1330. The summed E-state index contributed by atoms with van der Waals surface area (Å²) in [7, 11) is 0. The number of hydrogen-bond donors (Lipinski definition) is 2. The molecule has 35 heavy (non-hydrogen) atoms. The minimum atomic E-state index is -0.600. The number of nitrogens with zero attached hydrogens (tertiary/aromatic N) is 1. The number of urea groups is 1. The molecule has 2 N–H and O–H groups in total. The van der Waals surface area contributed by atoms with Gasteiger partial charge in [-0.3, -0.25) is 14.5 Å². The molecule has 3 aromatic carbocycles. The van der Waals surface area contributed by atoms with E-state index in [4.69, 9.17) is 16.3 Å². The maximum absolute atomic E-state index is 13.6. The fourth-order valence-corrected chi connectivity index (χ4v) is 3.51. The van der Waals surface area contributed by atoms with Crippen molar-refractivity contribution >= 4 is 41.2 Å². The number of anilines is 1. The second kappa shape index (κ2) is 10.4. The number of nitrogens with one attached hydrogen (secondary N) is 2. The predicted octanol–water partition coefficient (Wildman–Crippen LogP) is 4.73. The van der Waals surface area contributed by atoms with Crippen LogP contribution >= 0.6 is 11.6 Å². The Hall–Kier alpha value is -4.24. The lowest BCUT2D eigenvalue weighted by atomic mass is 10.1. The van der Waals surface area contributed by atoms with Gasteiger partial charge in [-0.05, 0) is 53.6 Å². The van der Waals surface area contributed by atoms with E-state index in [-0.39, 0.29) is 28.7 Å². The topological polar surface area (TPSA) is 87.7 Å². The van der Waals surface area contributed by atoms with Crippen LogP contribution in [0.4, 0.5) is 19.3 Å². The van der Waals surface area contributed by atoms with Crippen molar-refractivity contribution in [1.82, 2.24) is 10.2 Å². The molecule has 178 valence electrons. The third-order valence-electron chi connectivity index (χ3n) is 4.99. The number of amides is 4. The predicted molar refractivity (Wildman–Crippen MR) is 125 cm³/mol. The van der Waals surface area contributed by atoms with Crippen LogP contribution in [0.1, 0.15) is 11.1 Å². The largest absolute Gasteiger partial charge is 0.482 e. The highest BCUT2D eigenvalue weighted by Gasteiger charge is 2.33. The van der Waals surface area contributed by atoms with E-state index >= 15 is 0 Å². The monoisotopic (exact) mass is 497 g/mol. The Morgan fingerprint density at radius 1 is 1.06 bits per heavy atom. The summed E-state index contributed by atoms with van der Waals surface area (Å²) in [4.78, 5) is 38.0. The van der Waals surface area contributed by atoms with E-state index in [0.717, 1.165) is 4.90 Å². The number of carbonyl (C=O) groups excluding carboxylic acids is 3. The third kappa shape index (κ3) is 5.82. The van der Waals surface area contributed by atoms with E-state index in [2.05, 4.69) is 10.6 Å². The molecule has 3 aromatic rings. The summed E-state index contributed by atoms with van der Waals surface area (Å²) < 4.78 is 32.1. The number of benzene rings is 3. The molecule has 0 aromatic heterocycles. The molecular formula is C25H18ClF2N3O4. The number of carbonyl (C=O) groups is 3. The average molecular weight is 498 g/mol. The number of para-hydroxylation sites is 1. The Morgan fingerprint density at radius 2 is 1.80 bits per heavy atom. The second-order valence-electron chi connectivity index (χ2n) is 7.51. The zero-order valence-electron chi connectivity index (χ0n) is 18.1. The zero-order valence-corrected chi connectivity index (χ0v) is 18.8. The molecule has 1 fully saturated rings. The lowest BCUT2D eigenvalue weighted by molar-refractivity contribution is -0.123. The molecule has 0 bridgehead atoms. The fraction of sp³-hybridized carbons (Fsp3) is 0.0800. The summed E-state index contributed by atoms with van der Waals surface area (Å²) in [6, 6.07) is 15.2. The van der Waals surface area contributed by atoms with Crippen LogP contribution in [0.2, 0.25) is 5.02 Å². The van der Waals surface area contributed by atoms with E-state index in [0.29, 0.717) is 11.1 Å². The smallest absolute Gasteiger partial charge is 0.329 e. The van der Waals surface area contributed by atoms with Gasteiger partial charge in [0.05, 0.1) is 17.3 Å². The highest BCUT2D eigenvalue weighted by Crippen LogP contribution is 2.27. The van der Waals surface area contributed by atoms with Crippen molar-refractivity contribution in [3.63, 3.8) is 0 Å². The van der Waals surface area contributed by atoms with Crippen molar-refractivity contribution in [1.29, 1.82) is 0 Å². The molecule has 0 saturated carbocycles. The van der Waals surface area contributed by atoms with Crippen LogP contribution in [0.5, 0.6) is 5.75 Å². The Morgan fingerprint density at radius 3 is 2.51 bits per heavy atom. The van der Waals surface area contributed by atoms with Gasteiger partial charge >= 0.3 is 6.03 Å². The lowest BCUT2D eigenvalue weighted by Crippen LogP contribution is -2.30. The van der Waals surface area contributed by atoms with E-state index in [9.17, 15) is 23.2 Å². The highest BCUT2D eigenvalue weighted by atomic mass is 35.5. The van der Waals surface area contributed by atoms with Crippen molar-refractivity contribution < 1.29 is 27.9 Å². The van der Waals surface area contributed by atoms with E-state index in [1.165, 1.54) is 60.7 Å². The molecule has 1 saturated heterocycles. The molecule has 1 aliphatic rings. The highest BCUT2D eigenvalue weighted by molar-refractivity contribution is 6.32. The number of halogens is 3. The molecule has 1 heterocycles. The molecule has 10 heteroatoms. The maximum Gasteiger partial charge on any atom is 0.329 e. The Kier molecular flexibility index (Phi) is 7.07. The first-order chi connectivity index (χ1) is 16.8. The molecule has 0 aliphatic carbocycles. The van der Waals surface area contributed by atoms with Gasteiger partial charge in [0, 0.05) is 0 Å². The van der Waals surface area contributed by atoms with Crippen molar-refractivity contribution in [2.24, 2.45) is 0 Å². The van der Waals surface area contributed by atoms with Gasteiger partial charge in [0.15, 0.2) is 6.61 Å². The van der Waals surface area contributed by atoms with Crippen LogP contribution in [-0.4, -0.2) is 29.4 Å². The zero-order chi connectivity index (χ0) is 24.9. The molecule has 0 spiro atoms. The minimum Gasteiger partial charge on any atom is -0.482 e. The molecule has 0 atom stereocenters. The molecule has 7 nitrogen and oxygen atoms in total. The average Bonchev–Trinajstić information content (AvgIpc) is 3.08. The first kappa shape index (κ1) is 23.9. The van der Waals surface area contributed by atoms with Gasteiger partial charge in [0.2, 0.25) is 0 Å². The normalized spacial score (nSPS) is 14.3. The third-order valence-corrected chi connectivity index (χ3v) is 5.29. The van der Waals surface area contributed by atoms with E-state index in [1.807, 2.05) is 0 Å². The standard InChI is InChI=1S/C25H18ClF2N3O4/c26-18-11-16(7-10-22(18)35-14-23(32)29-20-4-2-1-3-19(20)28)12-21-24(33)31(25(34)30-21)13-15-5-8-17(27)9-6-15/h1-12H,13-14H2,(H,29,32)(H,30,34)/b21-12-. The minimum absolute atomic E-state index is 0.00916. The van der Waals surface area contributed by atoms with E-state index in [1.54, 1.807) is 12.1 Å². The van der Waals surface area contributed by atoms with Crippen molar-refractivity contribution in [3.05, 3.63) is 100 Å². The Balaban J connectivity index is 1.39. The molecule has 0 unspecified atom stereocenters. The Labute approximate surface area is 203 Å². The summed E-state index contributed by atoms with van der Waals surface area (Å²) in [6.45, 7) is -0.411. The number of rotatable bonds is 7. The fourth-order valence-electron chi connectivity index (χ4n) is 3.27. The van der Waals surface area contributed by atoms with Crippen molar-refractivity contribution in [2.45, 2.75) is 6.54 Å². The first-order valence-corrected chi connectivity index (χ1v) is 10.7. The quantitative estimate of drug-likeness (QED) is 0.365. The van der Waals surface area contributed by atoms with Gasteiger partial charge < -0.3 is 15.4 Å². The molecule has 4 rings (SSSR count). The van der Waals surface area contributed by atoms with Crippen LogP contribution in [0.3, 0.4) is 0 Å². The van der Waals surface area contributed by atoms with Crippen LogP contribution < -0.4 is 15.4 Å². The van der Waals surface area contributed by atoms with Crippen LogP contribution in [0, 0.1) is 11.6 Å². The van der Waals surface area contributed by atoms with E-state index < -0.39 is 36.1 Å². The first-order valence-electron chi connectivity index (χ1n) is 10.4. The van der Waals surface area contributed by atoms with Gasteiger partial charge in [-0.2, -0.15) is 0 Å². The van der Waals surface area contributed by atoms with Gasteiger partial charge in [0.1, 0.15) is 23.1 Å². The summed E-state index contributed by atoms with van der Waals surface area (Å²) in [5.41, 5.74) is 1.18. The number of imide groups is 1. The lowest BCUT2D eigenvalue weighted by Gasteiger charge is -2.11. The molecule has 1 aliphatic heterocycles. The summed E-state index contributed by atoms with van der Waals surface area (Å²) in [5, 5.41) is 5.07.